The van der Waals surface area contributed by atoms with E-state index in [1.807, 2.05) is 23.1 Å². The summed E-state index contributed by atoms with van der Waals surface area (Å²) in [5, 5.41) is 0. The standard InChI is InChI=1S/C23H25NO3/c1-26-19-8-7-18(21(16-19)27-2)15-22(25)24-13-11-23(12-14-24)10-9-17-5-3-4-6-20(17)23/h3-10,16H,11-15H2,1-2H3. The van der Waals surface area contributed by atoms with Gasteiger partial charge in [0.2, 0.25) is 5.91 Å². The highest BCUT2D eigenvalue weighted by Crippen LogP contribution is 2.43. The third kappa shape index (κ3) is 3.20. The number of carbonyl (C=O) groups excluding carboxylic acids is 1. The van der Waals surface area contributed by atoms with Crippen LogP contribution in [-0.4, -0.2) is 38.1 Å². The Morgan fingerprint density at radius 1 is 1.07 bits per heavy atom. The van der Waals surface area contributed by atoms with Crippen molar-refractivity contribution in [1.29, 1.82) is 0 Å². The summed E-state index contributed by atoms with van der Waals surface area (Å²) in [5.41, 5.74) is 3.73. The molecule has 1 aliphatic heterocycles. The van der Waals surface area contributed by atoms with Gasteiger partial charge >= 0.3 is 0 Å². The number of ether oxygens (including phenoxy) is 2. The molecular weight excluding hydrogens is 338 g/mol. The lowest BCUT2D eigenvalue weighted by molar-refractivity contribution is -0.131. The van der Waals surface area contributed by atoms with E-state index in [1.54, 1.807) is 14.2 Å². The molecule has 4 rings (SSSR count). The smallest absolute Gasteiger partial charge is 0.227 e. The molecule has 4 nitrogen and oxygen atoms in total. The minimum absolute atomic E-state index is 0.102. The fraction of sp³-hybridized carbons (Fsp3) is 0.348. The van der Waals surface area contributed by atoms with Gasteiger partial charge in [-0.15, -0.1) is 0 Å². The van der Waals surface area contributed by atoms with Crippen molar-refractivity contribution in [1.82, 2.24) is 4.90 Å². The van der Waals surface area contributed by atoms with Crippen LogP contribution in [0.15, 0.2) is 48.5 Å². The molecule has 0 unspecified atom stereocenters. The number of allylic oxidation sites excluding steroid dienone is 1. The monoisotopic (exact) mass is 363 g/mol. The van der Waals surface area contributed by atoms with Gasteiger partial charge in [0.1, 0.15) is 11.5 Å². The van der Waals surface area contributed by atoms with Crippen molar-refractivity contribution in [3.63, 3.8) is 0 Å². The van der Waals surface area contributed by atoms with Crippen molar-refractivity contribution in [3.05, 3.63) is 65.2 Å². The minimum Gasteiger partial charge on any atom is -0.497 e. The summed E-state index contributed by atoms with van der Waals surface area (Å²) in [5.74, 6) is 1.59. The third-order valence-corrected chi connectivity index (χ3v) is 5.92. The number of nitrogens with zero attached hydrogens (tertiary/aromatic N) is 1. The van der Waals surface area contributed by atoms with Crippen molar-refractivity contribution in [3.8, 4) is 11.5 Å². The molecule has 1 aliphatic carbocycles. The number of hydrogen-bond acceptors (Lipinski definition) is 3. The molecule has 1 fully saturated rings. The molecule has 27 heavy (non-hydrogen) atoms. The molecule has 0 radical (unpaired) electrons. The van der Waals surface area contributed by atoms with Crippen LogP contribution in [-0.2, 0) is 16.6 Å². The van der Waals surface area contributed by atoms with Crippen LogP contribution >= 0.6 is 0 Å². The summed E-state index contributed by atoms with van der Waals surface area (Å²) in [4.78, 5) is 14.8. The van der Waals surface area contributed by atoms with Gasteiger partial charge in [0, 0.05) is 30.1 Å². The highest BCUT2D eigenvalue weighted by molar-refractivity contribution is 5.80. The third-order valence-electron chi connectivity index (χ3n) is 5.92. The van der Waals surface area contributed by atoms with E-state index in [4.69, 9.17) is 9.47 Å². The van der Waals surface area contributed by atoms with E-state index in [0.717, 1.165) is 37.2 Å². The first-order chi connectivity index (χ1) is 13.1. The number of hydrogen-bond donors (Lipinski definition) is 0. The van der Waals surface area contributed by atoms with Crippen LogP contribution in [0.4, 0.5) is 0 Å². The maximum absolute atomic E-state index is 12.9. The molecule has 140 valence electrons. The molecule has 0 saturated carbocycles. The molecule has 0 aromatic heterocycles. The quantitative estimate of drug-likeness (QED) is 0.829. The highest BCUT2D eigenvalue weighted by Gasteiger charge is 2.38. The van der Waals surface area contributed by atoms with Gasteiger partial charge in [-0.2, -0.15) is 0 Å². The Labute approximate surface area is 160 Å². The Morgan fingerprint density at radius 3 is 2.59 bits per heavy atom. The number of amides is 1. The van der Waals surface area contributed by atoms with Gasteiger partial charge in [-0.05, 0) is 30.0 Å². The molecule has 1 amide bonds. The van der Waals surface area contributed by atoms with Gasteiger partial charge in [0.05, 0.1) is 20.6 Å². The van der Waals surface area contributed by atoms with Crippen molar-refractivity contribution in [2.75, 3.05) is 27.3 Å². The topological polar surface area (TPSA) is 38.8 Å². The normalized spacial score (nSPS) is 17.0. The predicted molar refractivity (Wildman–Crippen MR) is 106 cm³/mol. The molecule has 0 atom stereocenters. The van der Waals surface area contributed by atoms with Gasteiger partial charge in [-0.25, -0.2) is 0 Å². The predicted octanol–water partition coefficient (Wildman–Crippen LogP) is 3.83. The Bertz CT molecular complexity index is 879. The van der Waals surface area contributed by atoms with E-state index >= 15 is 0 Å². The largest absolute Gasteiger partial charge is 0.497 e. The van der Waals surface area contributed by atoms with E-state index in [1.165, 1.54) is 11.1 Å². The van der Waals surface area contributed by atoms with E-state index in [-0.39, 0.29) is 11.3 Å². The molecule has 0 bridgehead atoms. The summed E-state index contributed by atoms with van der Waals surface area (Å²) >= 11 is 0. The first kappa shape index (κ1) is 17.7. The first-order valence-corrected chi connectivity index (χ1v) is 9.43. The Kier molecular flexibility index (Phi) is 4.65. The molecule has 2 aromatic carbocycles. The molecule has 1 saturated heterocycles. The lowest BCUT2D eigenvalue weighted by atomic mass is 9.74. The van der Waals surface area contributed by atoms with Crippen molar-refractivity contribution in [2.45, 2.75) is 24.7 Å². The SMILES string of the molecule is COc1ccc(CC(=O)N2CCC3(C=Cc4ccccc43)CC2)c(OC)c1. The zero-order chi connectivity index (χ0) is 18.9. The zero-order valence-corrected chi connectivity index (χ0v) is 15.9. The second-order valence-corrected chi connectivity index (χ2v) is 7.31. The highest BCUT2D eigenvalue weighted by atomic mass is 16.5. The summed E-state index contributed by atoms with van der Waals surface area (Å²) in [6.45, 7) is 1.58. The second-order valence-electron chi connectivity index (χ2n) is 7.31. The van der Waals surface area contributed by atoms with Crippen LogP contribution in [0, 0.1) is 0 Å². The van der Waals surface area contributed by atoms with Crippen LogP contribution in [0.2, 0.25) is 0 Å². The van der Waals surface area contributed by atoms with Crippen LogP contribution in [0.5, 0.6) is 11.5 Å². The van der Waals surface area contributed by atoms with Crippen LogP contribution in [0.1, 0.15) is 29.5 Å². The van der Waals surface area contributed by atoms with Crippen LogP contribution in [0.3, 0.4) is 0 Å². The van der Waals surface area contributed by atoms with Gasteiger partial charge < -0.3 is 14.4 Å². The fourth-order valence-electron chi connectivity index (χ4n) is 4.30. The number of methoxy groups -OCH3 is 2. The Balaban J connectivity index is 1.44. The molecule has 0 N–H and O–H groups in total. The fourth-order valence-corrected chi connectivity index (χ4v) is 4.30. The average molecular weight is 363 g/mol. The van der Waals surface area contributed by atoms with Crippen LogP contribution in [0.25, 0.3) is 6.08 Å². The maximum Gasteiger partial charge on any atom is 0.227 e. The Morgan fingerprint density at radius 2 is 1.85 bits per heavy atom. The molecule has 2 aromatic rings. The number of rotatable bonds is 4. The van der Waals surface area contributed by atoms with Gasteiger partial charge in [-0.1, -0.05) is 42.5 Å². The van der Waals surface area contributed by atoms with Crippen molar-refractivity contribution < 1.29 is 14.3 Å². The van der Waals surface area contributed by atoms with Gasteiger partial charge in [0.15, 0.2) is 0 Å². The maximum atomic E-state index is 12.9. The van der Waals surface area contributed by atoms with Crippen LogP contribution < -0.4 is 9.47 Å². The van der Waals surface area contributed by atoms with Gasteiger partial charge in [0.25, 0.3) is 0 Å². The van der Waals surface area contributed by atoms with Gasteiger partial charge in [-0.3, -0.25) is 4.79 Å². The number of benzene rings is 2. The lowest BCUT2D eigenvalue weighted by Crippen LogP contribution is -2.44. The summed E-state index contributed by atoms with van der Waals surface area (Å²) < 4.78 is 10.7. The number of carbonyl (C=O) groups is 1. The number of piperidine rings is 1. The Hall–Kier alpha value is -2.75. The minimum atomic E-state index is 0.102. The lowest BCUT2D eigenvalue weighted by Gasteiger charge is -2.39. The zero-order valence-electron chi connectivity index (χ0n) is 15.9. The summed E-state index contributed by atoms with van der Waals surface area (Å²) in [6, 6.07) is 14.2. The number of fused-ring (bicyclic) bond motifs is 2. The second kappa shape index (κ2) is 7.10. The summed E-state index contributed by atoms with van der Waals surface area (Å²) in [6.07, 6.45) is 6.88. The van der Waals surface area contributed by atoms with Crippen molar-refractivity contribution >= 4 is 12.0 Å². The van der Waals surface area contributed by atoms with E-state index in [9.17, 15) is 4.79 Å². The molecule has 2 aliphatic rings. The van der Waals surface area contributed by atoms with E-state index < -0.39 is 0 Å². The molecule has 1 heterocycles. The van der Waals surface area contributed by atoms with E-state index in [0.29, 0.717) is 12.2 Å². The number of likely N-dealkylation sites (tertiary alicyclic amines) is 1. The van der Waals surface area contributed by atoms with E-state index in [2.05, 4.69) is 36.4 Å². The molecule has 4 heteroatoms. The first-order valence-electron chi connectivity index (χ1n) is 9.43. The summed E-state index contributed by atoms with van der Waals surface area (Å²) in [7, 11) is 3.25. The molecule has 1 spiro atoms. The average Bonchev–Trinajstić information content (AvgIpc) is 3.07. The van der Waals surface area contributed by atoms with Crippen molar-refractivity contribution in [2.24, 2.45) is 0 Å². The molecular formula is C23H25NO3.